The first-order valence-electron chi connectivity index (χ1n) is 5.44. The number of carboxylic acid groups (broad SMARTS) is 1. The van der Waals surface area contributed by atoms with Gasteiger partial charge in [-0.3, -0.25) is 10.1 Å². The Hall–Kier alpha value is -2.55. The van der Waals surface area contributed by atoms with Gasteiger partial charge in [-0.25, -0.2) is 13.6 Å². The van der Waals surface area contributed by atoms with E-state index in [1.54, 1.807) is 0 Å². The lowest BCUT2D eigenvalue weighted by atomic mass is 10.2. The molecule has 0 radical (unpaired) electrons. The molecule has 2 rings (SSSR count). The summed E-state index contributed by atoms with van der Waals surface area (Å²) in [6.07, 6.45) is -2.96. The van der Waals surface area contributed by atoms with E-state index in [1.807, 2.05) is 0 Å². The number of hydrogen-bond acceptors (Lipinski definition) is 5. The van der Waals surface area contributed by atoms with Crippen LogP contribution in [-0.2, 0) is 0 Å². The highest BCUT2D eigenvalue weighted by atomic mass is 32.1. The minimum atomic E-state index is -2.96. The van der Waals surface area contributed by atoms with Crippen LogP contribution in [0.2, 0.25) is 0 Å². The van der Waals surface area contributed by atoms with Crippen LogP contribution in [0.25, 0.3) is 0 Å². The molecule has 0 aliphatic rings. The van der Waals surface area contributed by atoms with E-state index in [0.29, 0.717) is 0 Å². The van der Waals surface area contributed by atoms with Crippen LogP contribution >= 0.6 is 11.3 Å². The maximum atomic E-state index is 12.9. The number of rotatable bonds is 5. The Balaban J connectivity index is 2.34. The van der Waals surface area contributed by atoms with Crippen LogP contribution < -0.4 is 4.74 Å². The van der Waals surface area contributed by atoms with Crippen LogP contribution in [0.4, 0.5) is 14.5 Å². The van der Waals surface area contributed by atoms with Crippen LogP contribution in [0, 0.1) is 10.1 Å². The molecule has 2 aromatic rings. The summed E-state index contributed by atoms with van der Waals surface area (Å²) in [5.41, 5.74) is -1.11. The van der Waals surface area contributed by atoms with Crippen molar-refractivity contribution in [2.24, 2.45) is 0 Å². The zero-order valence-electron chi connectivity index (χ0n) is 10.2. The highest BCUT2D eigenvalue weighted by Gasteiger charge is 2.20. The quantitative estimate of drug-likeness (QED) is 0.663. The van der Waals surface area contributed by atoms with Gasteiger partial charge in [0.1, 0.15) is 16.4 Å². The molecule has 0 atom stereocenters. The van der Waals surface area contributed by atoms with Crippen LogP contribution in [0.1, 0.15) is 21.7 Å². The van der Waals surface area contributed by atoms with Crippen molar-refractivity contribution in [2.75, 3.05) is 0 Å². The molecular formula is C12H7F2NO5S. The smallest absolute Gasteiger partial charge is 0.346 e. The van der Waals surface area contributed by atoms with E-state index in [0.717, 1.165) is 29.5 Å². The molecule has 6 nitrogen and oxygen atoms in total. The van der Waals surface area contributed by atoms with Crippen LogP contribution in [0.3, 0.4) is 0 Å². The van der Waals surface area contributed by atoms with E-state index in [4.69, 9.17) is 9.84 Å². The van der Waals surface area contributed by atoms with E-state index >= 15 is 0 Å². The van der Waals surface area contributed by atoms with E-state index in [1.165, 1.54) is 11.4 Å². The molecule has 0 spiro atoms. The first kappa shape index (κ1) is 14.9. The van der Waals surface area contributed by atoms with Crippen LogP contribution in [0.5, 0.6) is 11.5 Å². The van der Waals surface area contributed by atoms with E-state index in [-0.39, 0.29) is 16.4 Å². The van der Waals surface area contributed by atoms with E-state index < -0.39 is 28.6 Å². The third kappa shape index (κ3) is 3.31. The molecule has 0 aliphatic heterocycles. The molecule has 1 aromatic heterocycles. The third-order valence-corrected chi connectivity index (χ3v) is 3.35. The molecule has 1 N–H and O–H groups in total. The number of nitro benzene ring substituents is 1. The van der Waals surface area contributed by atoms with Gasteiger partial charge in [-0.15, -0.1) is 11.3 Å². The fourth-order valence-electron chi connectivity index (χ4n) is 1.52. The Morgan fingerprint density at radius 1 is 1.38 bits per heavy atom. The molecule has 1 aromatic carbocycles. The van der Waals surface area contributed by atoms with Crippen molar-refractivity contribution >= 4 is 23.0 Å². The second kappa shape index (κ2) is 5.83. The van der Waals surface area contributed by atoms with Gasteiger partial charge in [-0.05, 0) is 6.07 Å². The average molecular weight is 315 g/mol. The van der Waals surface area contributed by atoms with Gasteiger partial charge < -0.3 is 9.84 Å². The summed E-state index contributed by atoms with van der Waals surface area (Å²) in [7, 11) is 0. The predicted octanol–water partition coefficient (Wildman–Crippen LogP) is 4.08. The molecule has 0 saturated heterocycles. The number of nitrogens with zero attached hydrogens (tertiary/aromatic N) is 1. The number of thiophene rings is 1. The lowest BCUT2D eigenvalue weighted by Gasteiger charge is -2.09. The summed E-state index contributed by atoms with van der Waals surface area (Å²) in [6, 6.07) is 4.00. The summed E-state index contributed by atoms with van der Waals surface area (Å²) in [4.78, 5) is 20.5. The molecule has 0 unspecified atom stereocenters. The third-order valence-electron chi connectivity index (χ3n) is 2.45. The molecule has 0 fully saturated rings. The Labute approximate surface area is 120 Å². The van der Waals surface area contributed by atoms with Gasteiger partial charge in [0.25, 0.3) is 12.1 Å². The fraction of sp³-hybridized carbons (Fsp3) is 0.0833. The number of ether oxygens (including phenoxy) is 1. The molecular weight excluding hydrogens is 308 g/mol. The number of non-ortho nitro benzene ring substituents is 1. The number of carbonyl (C=O) groups is 1. The van der Waals surface area contributed by atoms with Gasteiger partial charge in [0, 0.05) is 23.6 Å². The van der Waals surface area contributed by atoms with E-state index in [9.17, 15) is 23.7 Å². The Morgan fingerprint density at radius 2 is 2.10 bits per heavy atom. The number of aromatic carboxylic acids is 1. The van der Waals surface area contributed by atoms with Gasteiger partial charge in [-0.2, -0.15) is 0 Å². The van der Waals surface area contributed by atoms with Crippen molar-refractivity contribution in [1.29, 1.82) is 0 Å². The van der Waals surface area contributed by atoms with Crippen molar-refractivity contribution in [3.63, 3.8) is 0 Å². The molecule has 0 amide bonds. The zero-order valence-corrected chi connectivity index (χ0v) is 11.0. The molecule has 0 aliphatic carbocycles. The largest absolute Gasteiger partial charge is 0.477 e. The first-order chi connectivity index (χ1) is 9.88. The molecule has 9 heteroatoms. The van der Waals surface area contributed by atoms with Crippen molar-refractivity contribution in [3.8, 4) is 11.5 Å². The minimum Gasteiger partial charge on any atom is -0.477 e. The minimum absolute atomic E-state index is 0.00879. The first-order valence-corrected chi connectivity index (χ1v) is 6.32. The Morgan fingerprint density at radius 3 is 2.62 bits per heavy atom. The molecule has 0 bridgehead atoms. The number of benzene rings is 1. The Kier molecular flexibility index (Phi) is 4.13. The van der Waals surface area contributed by atoms with Gasteiger partial charge >= 0.3 is 5.97 Å². The molecule has 1 heterocycles. The monoisotopic (exact) mass is 315 g/mol. The van der Waals surface area contributed by atoms with Gasteiger partial charge in [0.15, 0.2) is 0 Å². The number of nitro groups is 1. The fourth-order valence-corrected chi connectivity index (χ4v) is 2.17. The van der Waals surface area contributed by atoms with Crippen LogP contribution in [-0.4, -0.2) is 16.0 Å². The number of alkyl halides is 2. The Bertz CT molecular complexity index is 701. The maximum absolute atomic E-state index is 12.9. The lowest BCUT2D eigenvalue weighted by molar-refractivity contribution is -0.385. The lowest BCUT2D eigenvalue weighted by Crippen LogP contribution is -1.95. The van der Waals surface area contributed by atoms with Crippen molar-refractivity contribution in [2.45, 2.75) is 6.43 Å². The summed E-state index contributed by atoms with van der Waals surface area (Å²) in [5.74, 6) is -1.34. The number of carboxylic acids is 1. The van der Waals surface area contributed by atoms with Gasteiger partial charge in [0.2, 0.25) is 0 Å². The number of halogens is 2. The summed E-state index contributed by atoms with van der Waals surface area (Å²) in [6.45, 7) is 0. The summed E-state index contributed by atoms with van der Waals surface area (Å²) >= 11 is 0.879. The maximum Gasteiger partial charge on any atom is 0.346 e. The highest BCUT2D eigenvalue weighted by molar-refractivity contribution is 7.12. The molecule has 21 heavy (non-hydrogen) atoms. The van der Waals surface area contributed by atoms with Gasteiger partial charge in [-0.1, -0.05) is 0 Å². The van der Waals surface area contributed by atoms with E-state index in [2.05, 4.69) is 0 Å². The average Bonchev–Trinajstić information content (AvgIpc) is 2.87. The standard InChI is InChI=1S/C12H7F2NO5S/c13-11(14)8-3-6(15(18)19)1-2-9(8)20-7-4-10(12(16)17)21-5-7/h1-5,11H,(H,16,17). The topological polar surface area (TPSA) is 89.7 Å². The SMILES string of the molecule is O=C(O)c1cc(Oc2ccc([N+](=O)[O-])cc2C(F)F)cs1. The van der Waals surface area contributed by atoms with Crippen molar-refractivity contribution < 1.29 is 28.3 Å². The second-order valence-corrected chi connectivity index (χ2v) is 4.75. The van der Waals surface area contributed by atoms with Crippen LogP contribution in [0.15, 0.2) is 29.6 Å². The highest BCUT2D eigenvalue weighted by Crippen LogP contribution is 2.36. The van der Waals surface area contributed by atoms with Gasteiger partial charge in [0.05, 0.1) is 10.5 Å². The number of hydrogen-bond donors (Lipinski definition) is 1. The summed E-state index contributed by atoms with van der Waals surface area (Å²) in [5, 5.41) is 20.7. The normalized spacial score (nSPS) is 10.6. The predicted molar refractivity (Wildman–Crippen MR) is 69.4 cm³/mol. The van der Waals surface area contributed by atoms with Crippen molar-refractivity contribution in [3.05, 3.63) is 50.2 Å². The summed E-state index contributed by atoms with van der Waals surface area (Å²) < 4.78 is 31.0. The second-order valence-electron chi connectivity index (χ2n) is 3.83. The zero-order chi connectivity index (χ0) is 15.6. The molecule has 110 valence electrons. The molecule has 0 saturated carbocycles. The van der Waals surface area contributed by atoms with Crippen molar-refractivity contribution in [1.82, 2.24) is 0 Å².